The van der Waals surface area contributed by atoms with Crippen LogP contribution in [0.2, 0.25) is 0 Å². The molecule has 4 aromatic rings. The van der Waals surface area contributed by atoms with Crippen LogP contribution < -0.4 is 32.9 Å². The number of rotatable bonds is 15. The quantitative estimate of drug-likeness (QED) is 0.0352. The van der Waals surface area contributed by atoms with Crippen molar-refractivity contribution >= 4 is 25.7 Å². The Morgan fingerprint density at radius 1 is 0.671 bits per heavy atom. The van der Waals surface area contributed by atoms with Gasteiger partial charge in [-0.15, -0.1) is 0 Å². The van der Waals surface area contributed by atoms with E-state index in [1.165, 1.54) is 31.2 Å². The van der Waals surface area contributed by atoms with Crippen molar-refractivity contribution in [2.75, 3.05) is 40.8 Å². The molecule has 0 aromatic heterocycles. The number of phosphoric ester groups is 1. The topological polar surface area (TPSA) is 238 Å². The van der Waals surface area contributed by atoms with E-state index in [0.29, 0.717) is 0 Å². The van der Waals surface area contributed by atoms with Gasteiger partial charge in [-0.2, -0.15) is 17.6 Å². The standard InChI is InChI=1S/C45H35F10O20P/c1-13-64-9-22-40(69-13)43(72-24(57)10-65-41-33(52)29(48)27(46)30(49)34(41)53)44(73-25(58)11-66-42-35(54)31(50)28(47)32(51)36(42)55)45(70-22)74-37-16-7-19-18(67-12-68-19)6-15(16)26(17-8-23(56)71-38(17)37)14-4-20(62-2)39(21(5-14)63-3)75-76(59,60)61/h4-7,13,17,22,26,37-38,40,43-45H,8-12H2,1-3H3,(H2,59,60,61)/t13-,17-,22-,26-,37-,38+,40-,43+,44-,45+/m1/s1. The summed E-state index contributed by atoms with van der Waals surface area (Å²) in [6.07, 6.45) is -14.1. The molecule has 4 aliphatic heterocycles. The molecule has 410 valence electrons. The predicted octanol–water partition coefficient (Wildman–Crippen LogP) is 5.90. The molecule has 3 saturated heterocycles. The molecule has 0 amide bonds. The maximum atomic E-state index is 14.7. The monoisotopic (exact) mass is 1120 g/mol. The first-order valence-electron chi connectivity index (χ1n) is 21.9. The van der Waals surface area contributed by atoms with Gasteiger partial charge in [0.05, 0.1) is 27.2 Å². The molecule has 0 radical (unpaired) electrons. The summed E-state index contributed by atoms with van der Waals surface area (Å²) in [7, 11) is -2.91. The summed E-state index contributed by atoms with van der Waals surface area (Å²) in [6.45, 7) is -2.73. The smallest absolute Gasteiger partial charge is 0.493 e. The van der Waals surface area contributed by atoms with Crippen LogP contribution in [0.5, 0.6) is 40.2 Å². The average Bonchev–Trinajstić information content (AvgIpc) is 4.05. The third-order valence-electron chi connectivity index (χ3n) is 12.3. The summed E-state index contributed by atoms with van der Waals surface area (Å²) in [4.78, 5) is 60.1. The van der Waals surface area contributed by atoms with Gasteiger partial charge in [-0.3, -0.25) is 14.6 Å². The first kappa shape index (κ1) is 54.0. The number of halogens is 10. The molecule has 0 saturated carbocycles. The Balaban J connectivity index is 1.12. The number of esters is 3. The van der Waals surface area contributed by atoms with Gasteiger partial charge in [-0.25, -0.2) is 40.5 Å². The van der Waals surface area contributed by atoms with Crippen molar-refractivity contribution in [3.63, 3.8) is 0 Å². The van der Waals surface area contributed by atoms with E-state index >= 15 is 0 Å². The van der Waals surface area contributed by atoms with E-state index in [-0.39, 0.29) is 52.9 Å². The Labute approximate surface area is 418 Å². The molecular weight excluding hydrogens is 1080 g/mol. The van der Waals surface area contributed by atoms with Crippen LogP contribution in [0.4, 0.5) is 43.9 Å². The third kappa shape index (κ3) is 10.0. The van der Waals surface area contributed by atoms with Crippen molar-refractivity contribution in [3.05, 3.63) is 99.1 Å². The van der Waals surface area contributed by atoms with Crippen LogP contribution in [-0.2, 0) is 52.1 Å². The van der Waals surface area contributed by atoms with E-state index in [0.717, 1.165) is 14.2 Å². The van der Waals surface area contributed by atoms with Gasteiger partial charge in [0.15, 0.2) is 72.5 Å². The lowest BCUT2D eigenvalue weighted by atomic mass is 9.68. The minimum absolute atomic E-state index is 0.0935. The van der Waals surface area contributed by atoms with E-state index < -0.39 is 182 Å². The highest BCUT2D eigenvalue weighted by Crippen LogP contribution is 2.57. The molecule has 1 aliphatic carbocycles. The lowest BCUT2D eigenvalue weighted by Gasteiger charge is -2.49. The van der Waals surface area contributed by atoms with Crippen LogP contribution in [0.25, 0.3) is 0 Å². The molecule has 20 nitrogen and oxygen atoms in total. The van der Waals surface area contributed by atoms with Gasteiger partial charge in [0, 0.05) is 11.8 Å². The molecule has 31 heteroatoms. The van der Waals surface area contributed by atoms with E-state index in [2.05, 4.69) is 9.47 Å². The van der Waals surface area contributed by atoms with Gasteiger partial charge in [-0.05, 0) is 47.9 Å². The van der Waals surface area contributed by atoms with Crippen LogP contribution in [0.15, 0.2) is 24.3 Å². The van der Waals surface area contributed by atoms with E-state index in [1.807, 2.05) is 0 Å². The number of carbonyl (C=O) groups excluding carboxylic acids is 3. The second-order valence-electron chi connectivity index (χ2n) is 16.9. The molecule has 0 unspecified atom stereocenters. The Morgan fingerprint density at radius 2 is 1.17 bits per heavy atom. The predicted molar refractivity (Wildman–Crippen MR) is 221 cm³/mol. The molecule has 2 N–H and O–H groups in total. The highest BCUT2D eigenvalue weighted by Gasteiger charge is 2.58. The minimum atomic E-state index is -5.23. The highest BCUT2D eigenvalue weighted by atomic mass is 31.2. The summed E-state index contributed by atoms with van der Waals surface area (Å²) >= 11 is 0. The number of benzene rings is 4. The zero-order valence-electron chi connectivity index (χ0n) is 38.6. The molecule has 4 heterocycles. The number of ether oxygens (including phenoxy) is 13. The summed E-state index contributed by atoms with van der Waals surface area (Å²) < 4.78 is 232. The second-order valence-corrected chi connectivity index (χ2v) is 18.0. The Bertz CT molecular complexity index is 2970. The zero-order chi connectivity index (χ0) is 54.8. The van der Waals surface area contributed by atoms with Crippen LogP contribution >= 0.6 is 7.82 Å². The first-order valence-corrected chi connectivity index (χ1v) is 23.4. The van der Waals surface area contributed by atoms with Crippen molar-refractivity contribution in [1.29, 1.82) is 0 Å². The van der Waals surface area contributed by atoms with Crippen LogP contribution in [0.1, 0.15) is 42.1 Å². The zero-order valence-corrected chi connectivity index (χ0v) is 39.5. The fourth-order valence-electron chi connectivity index (χ4n) is 9.19. The first-order chi connectivity index (χ1) is 36.0. The molecule has 0 spiro atoms. The number of methoxy groups -OCH3 is 2. The lowest BCUT2D eigenvalue weighted by molar-refractivity contribution is -0.366. The average molecular weight is 1120 g/mol. The molecule has 4 aromatic carbocycles. The van der Waals surface area contributed by atoms with Gasteiger partial charge in [-0.1, -0.05) is 0 Å². The Hall–Kier alpha value is -6.82. The largest absolute Gasteiger partial charge is 0.525 e. The summed E-state index contributed by atoms with van der Waals surface area (Å²) in [5.41, 5.74) is 0.659. The van der Waals surface area contributed by atoms with Gasteiger partial charge in [0.2, 0.25) is 70.7 Å². The van der Waals surface area contributed by atoms with Gasteiger partial charge < -0.3 is 66.1 Å². The molecule has 76 heavy (non-hydrogen) atoms. The summed E-state index contributed by atoms with van der Waals surface area (Å²) in [6, 6.07) is 5.58. The maximum absolute atomic E-state index is 14.7. The van der Waals surface area contributed by atoms with Crippen LogP contribution in [0, 0.1) is 64.1 Å². The fourth-order valence-corrected chi connectivity index (χ4v) is 9.61. The normalized spacial score (nSPS) is 25.4. The Kier molecular flexibility index (Phi) is 14.9. The number of phosphoric acid groups is 1. The molecule has 5 aliphatic rings. The van der Waals surface area contributed by atoms with Crippen molar-refractivity contribution < 1.29 is 139 Å². The number of hydrogen-bond donors (Lipinski definition) is 2. The highest BCUT2D eigenvalue weighted by molar-refractivity contribution is 7.46. The van der Waals surface area contributed by atoms with Crippen LogP contribution in [0.3, 0.4) is 0 Å². The summed E-state index contributed by atoms with van der Waals surface area (Å²) in [5, 5.41) is 0. The molecular formula is C45H35F10O20P. The molecule has 3 fully saturated rings. The van der Waals surface area contributed by atoms with Gasteiger partial charge >= 0.3 is 25.7 Å². The Morgan fingerprint density at radius 3 is 1.68 bits per heavy atom. The molecule has 0 bridgehead atoms. The number of carbonyl (C=O) groups is 3. The minimum Gasteiger partial charge on any atom is -0.493 e. The molecule has 10 atom stereocenters. The number of hydrogen-bond acceptors (Lipinski definition) is 18. The number of fused-ring (bicyclic) bond motifs is 4. The van der Waals surface area contributed by atoms with Crippen molar-refractivity contribution in [2.24, 2.45) is 5.92 Å². The third-order valence-corrected chi connectivity index (χ3v) is 12.8. The van der Waals surface area contributed by atoms with E-state index in [4.69, 9.17) is 56.6 Å². The lowest BCUT2D eigenvalue weighted by Crippen LogP contribution is -2.65. The second kappa shape index (κ2) is 21.0. The van der Waals surface area contributed by atoms with Crippen molar-refractivity contribution in [3.8, 4) is 40.2 Å². The van der Waals surface area contributed by atoms with E-state index in [1.54, 1.807) is 0 Å². The summed E-state index contributed by atoms with van der Waals surface area (Å²) in [5.74, 6) is -35.7. The molecule has 9 rings (SSSR count). The van der Waals surface area contributed by atoms with E-state index in [9.17, 15) is 72.6 Å². The van der Waals surface area contributed by atoms with Crippen LogP contribution in [-0.4, -0.2) is 112 Å². The maximum Gasteiger partial charge on any atom is 0.525 e. The van der Waals surface area contributed by atoms with Gasteiger partial charge in [0.1, 0.15) is 24.4 Å². The van der Waals surface area contributed by atoms with Gasteiger partial charge in [0.25, 0.3) is 0 Å². The SMILES string of the molecule is COc1cc([C@@H]2c3cc4c(cc3[C@@H](O[C@@H]3O[C@@H]5CO[C@@H](C)O[C@H]5[C@H](OC(=O)COc5c(F)c(F)c(F)c(F)c5F)[C@H]3OC(=O)COc3c(F)c(F)c(F)c(F)c3F)[C@H]3OC(=O)C[C@H]23)OCO4)cc(OC)c1OP(=O)(O)O. The fraction of sp³-hybridized carbons (Fsp3) is 0.400. The van der Waals surface area contributed by atoms with Crippen molar-refractivity contribution in [1.82, 2.24) is 0 Å². The van der Waals surface area contributed by atoms with Crippen molar-refractivity contribution in [2.45, 2.75) is 68.5 Å².